The highest BCUT2D eigenvalue weighted by molar-refractivity contribution is 6.30. The molecular weight excluding hydrogens is 356 g/mol. The molecule has 3 nitrogen and oxygen atoms in total. The summed E-state index contributed by atoms with van der Waals surface area (Å²) < 4.78 is 27.7. The van der Waals surface area contributed by atoms with E-state index in [1.807, 2.05) is 19.1 Å². The Morgan fingerprint density at radius 1 is 1.15 bits per heavy atom. The molecule has 0 saturated heterocycles. The van der Waals surface area contributed by atoms with Gasteiger partial charge in [-0.1, -0.05) is 30.7 Å². The second-order valence-electron chi connectivity index (χ2n) is 6.02. The van der Waals surface area contributed by atoms with E-state index in [0.717, 1.165) is 17.2 Å². The van der Waals surface area contributed by atoms with Crippen molar-refractivity contribution in [2.75, 3.05) is 0 Å². The van der Waals surface area contributed by atoms with Crippen molar-refractivity contribution in [3.63, 3.8) is 0 Å². The zero-order valence-electron chi connectivity index (χ0n) is 14.2. The number of hydrogen-bond acceptors (Lipinski definition) is 3. The maximum absolute atomic E-state index is 14.0. The van der Waals surface area contributed by atoms with E-state index in [4.69, 9.17) is 17.3 Å². The molecule has 1 aromatic heterocycles. The Balaban J connectivity index is 1.97. The Morgan fingerprint density at radius 2 is 1.88 bits per heavy atom. The monoisotopic (exact) mass is 373 g/mol. The molecule has 0 fully saturated rings. The first-order chi connectivity index (χ1) is 12.5. The minimum atomic E-state index is -0.609. The topological polar surface area (TPSA) is 51.8 Å². The van der Waals surface area contributed by atoms with Gasteiger partial charge in [0.1, 0.15) is 18.0 Å². The number of rotatable bonds is 5. The van der Waals surface area contributed by atoms with Crippen LogP contribution in [0.4, 0.5) is 8.78 Å². The molecule has 0 spiro atoms. The molecule has 0 aliphatic heterocycles. The van der Waals surface area contributed by atoms with Crippen LogP contribution in [0.2, 0.25) is 5.02 Å². The summed E-state index contributed by atoms with van der Waals surface area (Å²) in [6.07, 6.45) is 3.83. The third-order valence-corrected chi connectivity index (χ3v) is 4.55. The van der Waals surface area contributed by atoms with E-state index >= 15 is 0 Å². The smallest absolute Gasteiger partial charge is 0.129 e. The first-order valence-electron chi connectivity index (χ1n) is 8.27. The molecule has 1 unspecified atom stereocenters. The molecule has 6 heteroatoms. The Labute approximate surface area is 155 Å². The SMILES string of the molecule is CCc1c(F)cc(F)cc1CC(N)c1ncncc1-c1ccc(Cl)cc1. The molecular formula is C20H18ClF2N3. The van der Waals surface area contributed by atoms with Gasteiger partial charge in [-0.25, -0.2) is 18.7 Å². The Hall–Kier alpha value is -2.37. The average molecular weight is 374 g/mol. The van der Waals surface area contributed by atoms with Gasteiger partial charge >= 0.3 is 0 Å². The lowest BCUT2D eigenvalue weighted by Gasteiger charge is -2.17. The van der Waals surface area contributed by atoms with Gasteiger partial charge in [0.05, 0.1) is 11.7 Å². The molecule has 134 valence electrons. The van der Waals surface area contributed by atoms with Crippen molar-refractivity contribution in [2.45, 2.75) is 25.8 Å². The van der Waals surface area contributed by atoms with E-state index < -0.39 is 17.7 Å². The summed E-state index contributed by atoms with van der Waals surface area (Å²) in [5.41, 5.74) is 9.65. The second kappa shape index (κ2) is 7.89. The van der Waals surface area contributed by atoms with Gasteiger partial charge in [0.25, 0.3) is 0 Å². The third kappa shape index (κ3) is 3.89. The fourth-order valence-electron chi connectivity index (χ4n) is 3.05. The first-order valence-corrected chi connectivity index (χ1v) is 8.65. The number of nitrogens with two attached hydrogens (primary N) is 1. The Bertz CT molecular complexity index is 913. The lowest BCUT2D eigenvalue weighted by atomic mass is 9.94. The first kappa shape index (κ1) is 18.4. The second-order valence-corrected chi connectivity index (χ2v) is 6.45. The summed E-state index contributed by atoms with van der Waals surface area (Å²) in [4.78, 5) is 8.39. The van der Waals surface area contributed by atoms with Crippen molar-refractivity contribution in [3.8, 4) is 11.1 Å². The van der Waals surface area contributed by atoms with E-state index in [1.165, 1.54) is 12.4 Å². The normalized spacial score (nSPS) is 12.2. The third-order valence-electron chi connectivity index (χ3n) is 4.30. The Kier molecular flexibility index (Phi) is 5.59. The molecule has 1 heterocycles. The molecule has 2 N–H and O–H groups in total. The molecule has 0 aliphatic rings. The molecule has 0 radical (unpaired) electrons. The van der Waals surface area contributed by atoms with E-state index in [1.54, 1.807) is 18.3 Å². The van der Waals surface area contributed by atoms with Crippen LogP contribution in [0.25, 0.3) is 11.1 Å². The summed E-state index contributed by atoms with van der Waals surface area (Å²) in [5, 5.41) is 0.624. The lowest BCUT2D eigenvalue weighted by Crippen LogP contribution is -2.18. The van der Waals surface area contributed by atoms with Crippen molar-refractivity contribution < 1.29 is 8.78 Å². The fourth-order valence-corrected chi connectivity index (χ4v) is 3.18. The van der Waals surface area contributed by atoms with Gasteiger partial charge < -0.3 is 5.73 Å². The zero-order valence-corrected chi connectivity index (χ0v) is 15.0. The van der Waals surface area contributed by atoms with E-state index in [0.29, 0.717) is 28.3 Å². The van der Waals surface area contributed by atoms with Crippen molar-refractivity contribution in [3.05, 3.63) is 82.4 Å². The predicted molar refractivity (Wildman–Crippen MR) is 98.8 cm³/mol. The van der Waals surface area contributed by atoms with Gasteiger partial charge in [0.2, 0.25) is 0 Å². The van der Waals surface area contributed by atoms with Crippen LogP contribution in [0, 0.1) is 11.6 Å². The zero-order chi connectivity index (χ0) is 18.7. The summed E-state index contributed by atoms with van der Waals surface area (Å²) >= 11 is 5.94. The summed E-state index contributed by atoms with van der Waals surface area (Å²) in [7, 11) is 0. The highest BCUT2D eigenvalue weighted by Gasteiger charge is 2.18. The van der Waals surface area contributed by atoms with Crippen molar-refractivity contribution in [1.82, 2.24) is 9.97 Å². The molecule has 3 aromatic rings. The molecule has 0 saturated carbocycles. The number of benzene rings is 2. The number of nitrogens with zero attached hydrogens (tertiary/aromatic N) is 2. The van der Waals surface area contributed by atoms with Crippen LogP contribution in [0.1, 0.15) is 29.8 Å². The van der Waals surface area contributed by atoms with E-state index in [2.05, 4.69) is 9.97 Å². The highest BCUT2D eigenvalue weighted by atomic mass is 35.5. The molecule has 3 rings (SSSR count). The van der Waals surface area contributed by atoms with Crippen LogP contribution in [0.15, 0.2) is 48.9 Å². The molecule has 26 heavy (non-hydrogen) atoms. The summed E-state index contributed by atoms with van der Waals surface area (Å²) in [6, 6.07) is 8.97. The van der Waals surface area contributed by atoms with Crippen LogP contribution in [-0.2, 0) is 12.8 Å². The number of hydrogen-bond donors (Lipinski definition) is 1. The van der Waals surface area contributed by atoms with Gasteiger partial charge in [-0.05, 0) is 47.7 Å². The Morgan fingerprint density at radius 3 is 2.58 bits per heavy atom. The molecule has 1 atom stereocenters. The van der Waals surface area contributed by atoms with Gasteiger partial charge in [0, 0.05) is 22.8 Å². The maximum Gasteiger partial charge on any atom is 0.129 e. The largest absolute Gasteiger partial charge is 0.322 e. The fraction of sp³-hybridized carbons (Fsp3) is 0.200. The lowest BCUT2D eigenvalue weighted by molar-refractivity contribution is 0.564. The molecule has 0 amide bonds. The maximum atomic E-state index is 14.0. The van der Waals surface area contributed by atoms with Crippen molar-refractivity contribution >= 4 is 11.6 Å². The van der Waals surface area contributed by atoms with E-state index in [-0.39, 0.29) is 6.42 Å². The predicted octanol–water partition coefficient (Wildman–Crippen LogP) is 4.88. The average Bonchev–Trinajstić information content (AvgIpc) is 2.62. The quantitative estimate of drug-likeness (QED) is 0.693. The van der Waals surface area contributed by atoms with Gasteiger partial charge in [-0.3, -0.25) is 0 Å². The molecule has 2 aromatic carbocycles. The van der Waals surface area contributed by atoms with Gasteiger partial charge in [0.15, 0.2) is 0 Å². The van der Waals surface area contributed by atoms with Crippen LogP contribution in [-0.4, -0.2) is 9.97 Å². The van der Waals surface area contributed by atoms with Gasteiger partial charge in [-0.15, -0.1) is 0 Å². The van der Waals surface area contributed by atoms with E-state index in [9.17, 15) is 8.78 Å². The van der Waals surface area contributed by atoms with Gasteiger partial charge in [-0.2, -0.15) is 0 Å². The minimum absolute atomic E-state index is 0.273. The highest BCUT2D eigenvalue weighted by Crippen LogP contribution is 2.29. The van der Waals surface area contributed by atoms with Crippen LogP contribution < -0.4 is 5.73 Å². The van der Waals surface area contributed by atoms with Crippen LogP contribution in [0.3, 0.4) is 0 Å². The van der Waals surface area contributed by atoms with Crippen LogP contribution >= 0.6 is 11.6 Å². The number of aromatic nitrogens is 2. The van der Waals surface area contributed by atoms with Crippen molar-refractivity contribution in [2.24, 2.45) is 5.73 Å². The standard InChI is InChI=1S/C20H18ClF2N3/c1-2-16-13(7-15(22)9-18(16)23)8-19(24)20-17(10-25-11-26-20)12-3-5-14(21)6-4-12/h3-7,9-11,19H,2,8,24H2,1H3. The molecule has 0 bridgehead atoms. The minimum Gasteiger partial charge on any atom is -0.322 e. The van der Waals surface area contributed by atoms with Crippen molar-refractivity contribution in [1.29, 1.82) is 0 Å². The molecule has 0 aliphatic carbocycles. The number of halogens is 3. The van der Waals surface area contributed by atoms with Crippen LogP contribution in [0.5, 0.6) is 0 Å². The summed E-state index contributed by atoms with van der Waals surface area (Å²) in [6.45, 7) is 1.83. The summed E-state index contributed by atoms with van der Waals surface area (Å²) in [5.74, 6) is -1.15.